The Morgan fingerprint density at radius 2 is 1.80 bits per heavy atom. The van der Waals surface area contributed by atoms with Crippen molar-refractivity contribution >= 4 is 43.2 Å². The maximum atomic E-state index is 12.4. The van der Waals surface area contributed by atoms with Crippen molar-refractivity contribution in [3.63, 3.8) is 0 Å². The average molecular weight is 427 g/mol. The Hall–Kier alpha value is -2.06. The van der Waals surface area contributed by atoms with Gasteiger partial charge in [-0.2, -0.15) is 0 Å². The maximum Gasteiger partial charge on any atom is 0.257 e. The zero-order valence-corrected chi connectivity index (χ0v) is 16.1. The molecule has 0 aliphatic heterocycles. The molecule has 2 N–H and O–H groups in total. The summed E-state index contributed by atoms with van der Waals surface area (Å²) in [5, 5.41) is 3.62. The van der Waals surface area contributed by atoms with Crippen LogP contribution in [0.3, 0.4) is 0 Å². The lowest BCUT2D eigenvalue weighted by atomic mass is 10.1. The Bertz CT molecular complexity index is 823. The van der Waals surface area contributed by atoms with E-state index in [1.807, 2.05) is 0 Å². The molecule has 0 radical (unpaired) electrons. The topological polar surface area (TPSA) is 84.5 Å². The van der Waals surface area contributed by atoms with E-state index >= 15 is 0 Å². The van der Waals surface area contributed by atoms with Gasteiger partial charge in [0.25, 0.3) is 5.91 Å². The third-order valence-corrected chi connectivity index (χ3v) is 4.28. The Morgan fingerprint density at radius 3 is 2.44 bits per heavy atom. The lowest BCUT2D eigenvalue weighted by molar-refractivity contribution is 0.102. The van der Waals surface area contributed by atoms with Crippen molar-refractivity contribution in [2.45, 2.75) is 6.42 Å². The molecule has 0 spiro atoms. The van der Waals surface area contributed by atoms with Crippen LogP contribution >= 0.6 is 15.9 Å². The summed E-state index contributed by atoms with van der Waals surface area (Å²) in [6, 6.07) is 13.4. The number of rotatable bonds is 8. The van der Waals surface area contributed by atoms with Crippen molar-refractivity contribution in [2.24, 2.45) is 0 Å². The van der Waals surface area contributed by atoms with Crippen LogP contribution in [0.15, 0.2) is 48.5 Å². The zero-order chi connectivity index (χ0) is 18.3. The highest BCUT2D eigenvalue weighted by Gasteiger charge is 2.13. The first-order valence-electron chi connectivity index (χ1n) is 7.56. The number of sulfonamides is 1. The van der Waals surface area contributed by atoms with E-state index in [0.29, 0.717) is 12.3 Å². The molecule has 0 heterocycles. The summed E-state index contributed by atoms with van der Waals surface area (Å²) in [4.78, 5) is 12.4. The molecule has 0 aromatic heterocycles. The molecule has 134 valence electrons. The van der Waals surface area contributed by atoms with Gasteiger partial charge in [0, 0.05) is 11.0 Å². The van der Waals surface area contributed by atoms with E-state index in [1.165, 1.54) is 6.07 Å². The Balaban J connectivity index is 2.07. The lowest BCUT2D eigenvalue weighted by Gasteiger charge is -2.11. The number of alkyl halides is 1. The maximum absolute atomic E-state index is 12.4. The molecule has 0 atom stereocenters. The number of carbonyl (C=O) groups is 1. The number of hydrogen-bond donors (Lipinski definition) is 2. The van der Waals surface area contributed by atoms with E-state index in [1.54, 1.807) is 42.5 Å². The van der Waals surface area contributed by atoms with Crippen LogP contribution in [0.5, 0.6) is 5.75 Å². The van der Waals surface area contributed by atoms with Crippen molar-refractivity contribution in [3.8, 4) is 5.75 Å². The molecule has 0 saturated heterocycles. The van der Waals surface area contributed by atoms with Gasteiger partial charge in [0.1, 0.15) is 5.75 Å². The molecule has 2 aromatic rings. The largest absolute Gasteiger partial charge is 0.494 e. The Kier molecular flexibility index (Phi) is 6.83. The molecule has 8 heteroatoms. The second kappa shape index (κ2) is 8.87. The summed E-state index contributed by atoms with van der Waals surface area (Å²) in [6.45, 7) is 0.613. The number of amides is 1. The van der Waals surface area contributed by atoms with Gasteiger partial charge in [0.05, 0.1) is 24.1 Å². The quantitative estimate of drug-likeness (QED) is 0.499. The second-order valence-corrected chi connectivity index (χ2v) is 7.83. The zero-order valence-electron chi connectivity index (χ0n) is 13.7. The van der Waals surface area contributed by atoms with Gasteiger partial charge >= 0.3 is 0 Å². The molecule has 0 unspecified atom stereocenters. The molecule has 0 saturated carbocycles. The summed E-state index contributed by atoms with van der Waals surface area (Å²) in [6.07, 6.45) is 1.94. The van der Waals surface area contributed by atoms with Crippen LogP contribution in [-0.4, -0.2) is 32.5 Å². The fourth-order valence-corrected chi connectivity index (χ4v) is 2.85. The molecule has 6 nitrogen and oxygen atoms in total. The van der Waals surface area contributed by atoms with Gasteiger partial charge in [-0.3, -0.25) is 9.52 Å². The van der Waals surface area contributed by atoms with Crippen molar-refractivity contribution < 1.29 is 17.9 Å². The summed E-state index contributed by atoms with van der Waals surface area (Å²) in [5.41, 5.74) is 1.06. The van der Waals surface area contributed by atoms with Crippen molar-refractivity contribution in [3.05, 3.63) is 54.1 Å². The van der Waals surface area contributed by atoms with Crippen LogP contribution in [0, 0.1) is 0 Å². The van der Waals surface area contributed by atoms with E-state index in [9.17, 15) is 13.2 Å². The highest BCUT2D eigenvalue weighted by Crippen LogP contribution is 2.20. The third-order valence-electron chi connectivity index (χ3n) is 3.13. The smallest absolute Gasteiger partial charge is 0.257 e. The number of halogens is 1. The number of nitrogens with one attached hydrogen (secondary N) is 2. The number of carbonyl (C=O) groups excluding carboxylic acids is 1. The van der Waals surface area contributed by atoms with Gasteiger partial charge in [0.2, 0.25) is 10.0 Å². The predicted molar refractivity (Wildman–Crippen MR) is 103 cm³/mol. The molecule has 0 aliphatic carbocycles. The van der Waals surface area contributed by atoms with Crippen molar-refractivity contribution in [1.29, 1.82) is 0 Å². The number of anilines is 2. The monoisotopic (exact) mass is 426 g/mol. The Morgan fingerprint density at radius 1 is 1.12 bits per heavy atom. The number of ether oxygens (including phenoxy) is 1. The van der Waals surface area contributed by atoms with Crippen molar-refractivity contribution in [2.75, 3.05) is 28.2 Å². The first-order chi connectivity index (χ1) is 11.9. The summed E-state index contributed by atoms with van der Waals surface area (Å²) in [5.74, 6) is 0.317. The van der Waals surface area contributed by atoms with Gasteiger partial charge < -0.3 is 10.1 Å². The van der Waals surface area contributed by atoms with E-state index in [4.69, 9.17) is 4.74 Å². The van der Waals surface area contributed by atoms with Gasteiger partial charge in [-0.25, -0.2) is 8.42 Å². The predicted octanol–water partition coefficient (Wildman–Crippen LogP) is 3.47. The fourth-order valence-electron chi connectivity index (χ4n) is 2.05. The van der Waals surface area contributed by atoms with Crippen molar-refractivity contribution in [1.82, 2.24) is 0 Å². The number of hydrogen-bond acceptors (Lipinski definition) is 4. The highest BCUT2D eigenvalue weighted by atomic mass is 79.9. The first kappa shape index (κ1) is 19.3. The molecule has 2 rings (SSSR count). The molecule has 0 aliphatic rings. The summed E-state index contributed by atoms with van der Waals surface area (Å²) in [7, 11) is -3.47. The second-order valence-electron chi connectivity index (χ2n) is 5.29. The standard InChI is InChI=1S/C17H19BrN2O4S/c1-25(22,23)20-16-6-3-2-5-15(16)17(21)19-13-7-9-14(10-8-13)24-12-4-11-18/h2-3,5-10,20H,4,11-12H2,1H3,(H,19,21). The minimum Gasteiger partial charge on any atom is -0.494 e. The minimum atomic E-state index is -3.47. The third kappa shape index (κ3) is 6.39. The number of para-hydroxylation sites is 1. The SMILES string of the molecule is CS(=O)(=O)Nc1ccccc1C(=O)Nc1ccc(OCCCBr)cc1. The Labute approximate surface area is 155 Å². The summed E-state index contributed by atoms with van der Waals surface area (Å²) < 4.78 is 30.7. The van der Waals surface area contributed by atoms with Crippen LogP contribution in [0.2, 0.25) is 0 Å². The summed E-state index contributed by atoms with van der Waals surface area (Å²) >= 11 is 3.34. The fraction of sp³-hybridized carbons (Fsp3) is 0.235. The minimum absolute atomic E-state index is 0.234. The van der Waals surface area contributed by atoms with Gasteiger partial charge in [-0.15, -0.1) is 0 Å². The molecule has 1 amide bonds. The van der Waals surface area contributed by atoms with Crippen LogP contribution in [0.1, 0.15) is 16.8 Å². The molecule has 0 fully saturated rings. The number of benzene rings is 2. The molecule has 25 heavy (non-hydrogen) atoms. The van der Waals surface area contributed by atoms with Gasteiger partial charge in [-0.05, 0) is 42.8 Å². The lowest BCUT2D eigenvalue weighted by Crippen LogP contribution is -2.17. The van der Waals surface area contributed by atoms with E-state index in [2.05, 4.69) is 26.0 Å². The van der Waals surface area contributed by atoms with Crippen LogP contribution in [-0.2, 0) is 10.0 Å². The highest BCUT2D eigenvalue weighted by molar-refractivity contribution is 9.09. The van der Waals surface area contributed by atoms with Gasteiger partial charge in [0.15, 0.2) is 0 Å². The molecule has 0 bridgehead atoms. The van der Waals surface area contributed by atoms with E-state index < -0.39 is 15.9 Å². The molecule has 2 aromatic carbocycles. The van der Waals surface area contributed by atoms with E-state index in [-0.39, 0.29) is 11.3 Å². The molecular formula is C17H19BrN2O4S. The molecular weight excluding hydrogens is 408 g/mol. The average Bonchev–Trinajstić information content (AvgIpc) is 2.55. The van der Waals surface area contributed by atoms with Gasteiger partial charge in [-0.1, -0.05) is 28.1 Å². The van der Waals surface area contributed by atoms with E-state index in [0.717, 1.165) is 23.8 Å². The van der Waals surface area contributed by atoms with Crippen LogP contribution in [0.4, 0.5) is 11.4 Å². The normalized spacial score (nSPS) is 11.0. The first-order valence-corrected chi connectivity index (χ1v) is 10.6. The van der Waals surface area contributed by atoms with Crippen LogP contribution < -0.4 is 14.8 Å². The van der Waals surface area contributed by atoms with Crippen LogP contribution in [0.25, 0.3) is 0 Å².